The van der Waals surface area contributed by atoms with E-state index in [2.05, 4.69) is 14.5 Å². The van der Waals surface area contributed by atoms with Gasteiger partial charge in [-0.2, -0.15) is 13.2 Å². The highest BCUT2D eigenvalue weighted by atomic mass is 35.5. The van der Waals surface area contributed by atoms with Crippen LogP contribution < -0.4 is 0 Å². The first-order valence-electron chi connectivity index (χ1n) is 7.58. The third-order valence-corrected chi connectivity index (χ3v) is 3.98. The third-order valence-electron chi connectivity index (χ3n) is 3.74. The monoisotopic (exact) mass is 431 g/mol. The molecule has 1 rings (SSSR count). The van der Waals surface area contributed by atoms with E-state index in [1.807, 2.05) is 0 Å². The van der Waals surface area contributed by atoms with Gasteiger partial charge in [-0.25, -0.2) is 23.4 Å². The van der Waals surface area contributed by atoms with Gasteiger partial charge in [-0.3, -0.25) is 4.79 Å². The number of hydrogen-bond acceptors (Lipinski definition) is 6. The molecule has 0 amide bonds. The molecule has 0 aromatic carbocycles. The van der Waals surface area contributed by atoms with Gasteiger partial charge in [-0.1, -0.05) is 13.8 Å². The maximum atomic E-state index is 13.5. The molecule has 0 saturated heterocycles. The number of nitrogens with zero attached hydrogens (tertiary/aromatic N) is 1. The van der Waals surface area contributed by atoms with E-state index in [1.165, 1.54) is 13.8 Å². The maximum absolute atomic E-state index is 13.5. The van der Waals surface area contributed by atoms with Gasteiger partial charge < -0.3 is 9.47 Å². The number of hydrogen-bond donors (Lipinski definition) is 0. The molecule has 0 radical (unpaired) electrons. The van der Waals surface area contributed by atoms with E-state index >= 15 is 0 Å². The number of esters is 2. The van der Waals surface area contributed by atoms with Gasteiger partial charge in [0, 0.05) is 0 Å². The van der Waals surface area contributed by atoms with Crippen molar-refractivity contribution in [1.82, 2.24) is 4.98 Å². The van der Waals surface area contributed by atoms with Crippen molar-refractivity contribution in [1.29, 1.82) is 0 Å². The second kappa shape index (κ2) is 8.80. The molecule has 0 saturated carbocycles. The Hall–Kier alpha value is -2.30. The van der Waals surface area contributed by atoms with Crippen molar-refractivity contribution < 1.29 is 45.8 Å². The number of methoxy groups -OCH3 is 2. The topological polar surface area (TPSA) is 82.6 Å². The average molecular weight is 432 g/mol. The molecule has 0 aliphatic rings. The summed E-state index contributed by atoms with van der Waals surface area (Å²) in [6.45, 7) is 2.67. The maximum Gasteiger partial charge on any atom is 0.434 e. The molecule has 1 unspecified atom stereocenters. The number of halogens is 6. The molecule has 1 atom stereocenters. The molecule has 0 aliphatic carbocycles. The molecule has 0 spiro atoms. The van der Waals surface area contributed by atoms with E-state index in [0.29, 0.717) is 0 Å². The first-order chi connectivity index (χ1) is 12.8. The van der Waals surface area contributed by atoms with Crippen molar-refractivity contribution in [3.8, 4) is 0 Å². The highest BCUT2D eigenvalue weighted by Crippen LogP contribution is 2.42. The van der Waals surface area contributed by atoms with Crippen molar-refractivity contribution in [2.24, 2.45) is 5.92 Å². The van der Waals surface area contributed by atoms with E-state index in [4.69, 9.17) is 11.6 Å². The van der Waals surface area contributed by atoms with Crippen LogP contribution in [-0.4, -0.2) is 36.4 Å². The fourth-order valence-corrected chi connectivity index (χ4v) is 2.99. The van der Waals surface area contributed by atoms with Gasteiger partial charge in [-0.15, -0.1) is 0 Å². The first kappa shape index (κ1) is 23.7. The molecule has 156 valence electrons. The van der Waals surface area contributed by atoms with Crippen LogP contribution in [-0.2, 0) is 20.4 Å². The van der Waals surface area contributed by atoms with E-state index in [-0.39, 0.29) is 0 Å². The Labute approximate surface area is 161 Å². The normalized spacial score (nSPS) is 12.9. The number of ether oxygens (including phenoxy) is 2. The molecule has 0 bridgehead atoms. The number of alkyl halides is 5. The summed E-state index contributed by atoms with van der Waals surface area (Å²) in [5.74, 6) is -5.76. The Kier molecular flexibility index (Phi) is 7.46. The standard InChI is InChI=1S/C16H15ClF5NO5/c1-5(2)6(12(17)24)7-8(14(25)27-3)10(13(18)19)23-11(16(20,21)22)9(7)15(26)28-4/h5-6,13H,1-4H3. The Morgan fingerprint density at radius 3 is 1.79 bits per heavy atom. The lowest BCUT2D eigenvalue weighted by Gasteiger charge is -2.25. The molecule has 0 N–H and O–H groups in total. The first-order valence-corrected chi connectivity index (χ1v) is 7.96. The average Bonchev–Trinajstić information content (AvgIpc) is 2.57. The minimum atomic E-state index is -5.38. The molecule has 0 aliphatic heterocycles. The molecule has 28 heavy (non-hydrogen) atoms. The second-order valence-electron chi connectivity index (χ2n) is 5.82. The molecular weight excluding hydrogens is 417 g/mol. The van der Waals surface area contributed by atoms with Crippen LogP contribution >= 0.6 is 11.6 Å². The predicted molar refractivity (Wildman–Crippen MR) is 85.3 cm³/mol. The second-order valence-corrected chi connectivity index (χ2v) is 6.19. The van der Waals surface area contributed by atoms with Crippen molar-refractivity contribution in [2.45, 2.75) is 32.4 Å². The Morgan fingerprint density at radius 2 is 1.46 bits per heavy atom. The molecule has 12 heteroatoms. The van der Waals surface area contributed by atoms with Crippen LogP contribution in [0.15, 0.2) is 0 Å². The molecule has 0 fully saturated rings. The van der Waals surface area contributed by atoms with Crippen LogP contribution in [0.3, 0.4) is 0 Å². The minimum Gasteiger partial charge on any atom is -0.465 e. The lowest BCUT2D eigenvalue weighted by molar-refractivity contribution is -0.142. The van der Waals surface area contributed by atoms with Gasteiger partial charge >= 0.3 is 18.1 Å². The zero-order valence-corrected chi connectivity index (χ0v) is 15.7. The number of aromatic nitrogens is 1. The van der Waals surface area contributed by atoms with E-state index in [9.17, 15) is 36.3 Å². The zero-order valence-electron chi connectivity index (χ0n) is 15.0. The van der Waals surface area contributed by atoms with Gasteiger partial charge in [0.25, 0.3) is 6.43 Å². The Morgan fingerprint density at radius 1 is 1.00 bits per heavy atom. The summed E-state index contributed by atoms with van der Waals surface area (Å²) in [4.78, 5) is 39.0. The van der Waals surface area contributed by atoms with Crippen molar-refractivity contribution in [2.75, 3.05) is 14.2 Å². The molecule has 1 heterocycles. The van der Waals surface area contributed by atoms with Gasteiger partial charge in [0.15, 0.2) is 5.69 Å². The smallest absolute Gasteiger partial charge is 0.434 e. The minimum absolute atomic E-state index is 0.734. The Bertz CT molecular complexity index is 795. The lowest BCUT2D eigenvalue weighted by Crippen LogP contribution is -2.29. The third kappa shape index (κ3) is 4.57. The Balaban J connectivity index is 4.34. The summed E-state index contributed by atoms with van der Waals surface area (Å²) in [7, 11) is 1.52. The highest BCUT2D eigenvalue weighted by Gasteiger charge is 2.45. The van der Waals surface area contributed by atoms with Crippen LogP contribution in [0, 0.1) is 5.92 Å². The zero-order chi connectivity index (χ0) is 22.0. The number of rotatable bonds is 6. The quantitative estimate of drug-likeness (QED) is 0.383. The number of carbonyl (C=O) groups is 3. The van der Waals surface area contributed by atoms with Gasteiger partial charge in [0.05, 0.1) is 31.3 Å². The van der Waals surface area contributed by atoms with Crippen molar-refractivity contribution in [3.05, 3.63) is 28.1 Å². The molecule has 1 aromatic rings. The summed E-state index contributed by atoms with van der Waals surface area (Å²) >= 11 is 5.48. The fourth-order valence-electron chi connectivity index (χ4n) is 2.63. The summed E-state index contributed by atoms with van der Waals surface area (Å²) in [6.07, 6.45) is -9.04. The fraction of sp³-hybridized carbons (Fsp3) is 0.500. The predicted octanol–water partition coefficient (Wildman–Crippen LogP) is 4.12. The molecular formula is C16H15ClF5NO5. The number of pyridine rings is 1. The summed E-state index contributed by atoms with van der Waals surface area (Å²) in [5, 5.41) is -1.27. The summed E-state index contributed by atoms with van der Waals surface area (Å²) in [5.41, 5.74) is -7.08. The number of carbonyl (C=O) groups excluding carboxylic acids is 3. The molecule has 6 nitrogen and oxygen atoms in total. The van der Waals surface area contributed by atoms with Crippen LogP contribution in [0.4, 0.5) is 22.0 Å². The lowest BCUT2D eigenvalue weighted by atomic mass is 9.82. The largest absolute Gasteiger partial charge is 0.465 e. The van der Waals surface area contributed by atoms with Crippen molar-refractivity contribution in [3.63, 3.8) is 0 Å². The van der Waals surface area contributed by atoms with Crippen LogP contribution in [0.25, 0.3) is 0 Å². The van der Waals surface area contributed by atoms with Gasteiger partial charge in [0.2, 0.25) is 5.24 Å². The van der Waals surface area contributed by atoms with Crippen LogP contribution in [0.5, 0.6) is 0 Å². The van der Waals surface area contributed by atoms with Gasteiger partial charge in [0.1, 0.15) is 5.69 Å². The van der Waals surface area contributed by atoms with E-state index in [1.54, 1.807) is 0 Å². The van der Waals surface area contributed by atoms with E-state index in [0.717, 1.165) is 14.2 Å². The summed E-state index contributed by atoms with van der Waals surface area (Å²) < 4.78 is 76.2. The summed E-state index contributed by atoms with van der Waals surface area (Å²) in [6, 6.07) is 0. The SMILES string of the molecule is COC(=O)c1c(C(F)F)nc(C(F)(F)F)c(C(=O)OC)c1C(C(=O)Cl)C(C)C. The highest BCUT2D eigenvalue weighted by molar-refractivity contribution is 6.64. The van der Waals surface area contributed by atoms with Crippen LogP contribution in [0.2, 0.25) is 0 Å². The van der Waals surface area contributed by atoms with Crippen molar-refractivity contribution >= 4 is 28.8 Å². The van der Waals surface area contributed by atoms with E-state index < -0.39 is 69.7 Å². The van der Waals surface area contributed by atoms with Gasteiger partial charge in [-0.05, 0) is 23.1 Å². The van der Waals surface area contributed by atoms with Crippen LogP contribution in [0.1, 0.15) is 63.9 Å². The molecule has 1 aromatic heterocycles.